The summed E-state index contributed by atoms with van der Waals surface area (Å²) in [6, 6.07) is 1.63. The number of hydrogen-bond donors (Lipinski definition) is 2. The molecule has 31 heavy (non-hydrogen) atoms. The van der Waals surface area contributed by atoms with E-state index in [2.05, 4.69) is 31.4 Å². The number of halogens is 1. The summed E-state index contributed by atoms with van der Waals surface area (Å²) in [5.41, 5.74) is 2.46. The van der Waals surface area contributed by atoms with E-state index in [1.54, 1.807) is 19.2 Å². The summed E-state index contributed by atoms with van der Waals surface area (Å²) >= 11 is 3.49. The number of rotatable bonds is 5. The Kier molecular flexibility index (Phi) is 6.03. The van der Waals surface area contributed by atoms with Gasteiger partial charge in [-0.05, 0) is 62.6 Å². The molecule has 1 amide bonds. The van der Waals surface area contributed by atoms with Crippen LogP contribution in [0.5, 0.6) is 0 Å². The summed E-state index contributed by atoms with van der Waals surface area (Å²) in [6.45, 7) is 6.38. The van der Waals surface area contributed by atoms with Gasteiger partial charge in [0.05, 0.1) is 11.2 Å². The number of hydrogen-bond acceptors (Lipinski definition) is 5. The Labute approximate surface area is 189 Å². The van der Waals surface area contributed by atoms with Gasteiger partial charge in [0.15, 0.2) is 5.78 Å². The summed E-state index contributed by atoms with van der Waals surface area (Å²) < 4.78 is 12.2. The molecule has 1 aliphatic heterocycles. The highest BCUT2D eigenvalue weighted by atomic mass is 79.9. The standard InChI is InChI=1S/C23H26BrN3O4/c1-13-19(20(27-31-13)14-4-6-16(24)7-5-14)21(28)15-10-18(25-12-15)22(29)26-17-8-9-30-23(2,3)11-17/h4,6,10,12,17,25H,5,7-9,11H2,1-3H3,(H,26,29). The monoisotopic (exact) mass is 487 g/mol. The van der Waals surface area contributed by atoms with E-state index in [9.17, 15) is 9.59 Å². The molecule has 2 aromatic heterocycles. The van der Waals surface area contributed by atoms with Gasteiger partial charge in [-0.25, -0.2) is 0 Å². The van der Waals surface area contributed by atoms with Crippen molar-refractivity contribution in [1.82, 2.24) is 15.5 Å². The first-order chi connectivity index (χ1) is 14.7. The van der Waals surface area contributed by atoms with Gasteiger partial charge in [-0.1, -0.05) is 33.2 Å². The third-order valence-electron chi connectivity index (χ3n) is 5.71. The van der Waals surface area contributed by atoms with Crippen LogP contribution in [0.25, 0.3) is 5.57 Å². The number of carbonyl (C=O) groups is 2. The Morgan fingerprint density at radius 2 is 2.10 bits per heavy atom. The normalized spacial score (nSPS) is 20.7. The van der Waals surface area contributed by atoms with E-state index in [4.69, 9.17) is 9.26 Å². The zero-order valence-corrected chi connectivity index (χ0v) is 19.5. The highest BCUT2D eigenvalue weighted by molar-refractivity contribution is 9.11. The molecule has 1 atom stereocenters. The average Bonchev–Trinajstić information content (AvgIpc) is 3.35. The molecule has 164 valence electrons. The van der Waals surface area contributed by atoms with Crippen LogP contribution in [0.3, 0.4) is 0 Å². The lowest BCUT2D eigenvalue weighted by Gasteiger charge is -2.35. The Bertz CT molecular complexity index is 1080. The van der Waals surface area contributed by atoms with Crippen molar-refractivity contribution in [3.63, 3.8) is 0 Å². The average molecular weight is 488 g/mol. The van der Waals surface area contributed by atoms with Gasteiger partial charge < -0.3 is 19.6 Å². The minimum Gasteiger partial charge on any atom is -0.375 e. The SMILES string of the molecule is Cc1onc(C2=CC=C(Br)CC2)c1C(=O)c1c[nH]c(C(=O)NC2CCOC(C)(C)C2)c1. The van der Waals surface area contributed by atoms with Gasteiger partial charge >= 0.3 is 0 Å². The minimum absolute atomic E-state index is 0.0382. The number of nitrogens with zero attached hydrogens (tertiary/aromatic N) is 1. The number of allylic oxidation sites excluding steroid dienone is 4. The smallest absolute Gasteiger partial charge is 0.267 e. The van der Waals surface area contributed by atoms with Crippen molar-refractivity contribution in [3.05, 3.63) is 57.2 Å². The fourth-order valence-corrected chi connectivity index (χ4v) is 4.42. The van der Waals surface area contributed by atoms with Crippen molar-refractivity contribution in [2.75, 3.05) is 6.61 Å². The van der Waals surface area contributed by atoms with Crippen LogP contribution < -0.4 is 5.32 Å². The van der Waals surface area contributed by atoms with Crippen molar-refractivity contribution in [1.29, 1.82) is 0 Å². The predicted molar refractivity (Wildman–Crippen MR) is 120 cm³/mol. The van der Waals surface area contributed by atoms with Crippen LogP contribution in [0.2, 0.25) is 0 Å². The van der Waals surface area contributed by atoms with Gasteiger partial charge in [0.2, 0.25) is 0 Å². The van der Waals surface area contributed by atoms with E-state index in [1.165, 1.54) is 0 Å². The van der Waals surface area contributed by atoms with Crippen LogP contribution in [0, 0.1) is 6.92 Å². The van der Waals surface area contributed by atoms with E-state index < -0.39 is 0 Å². The molecule has 1 fully saturated rings. The van der Waals surface area contributed by atoms with Crippen LogP contribution in [0.15, 0.2) is 33.4 Å². The molecular formula is C23H26BrN3O4. The first-order valence-electron chi connectivity index (χ1n) is 10.4. The molecule has 1 unspecified atom stereocenters. The molecule has 3 heterocycles. The van der Waals surface area contributed by atoms with Crippen LogP contribution in [-0.4, -0.2) is 40.1 Å². The highest BCUT2D eigenvalue weighted by Gasteiger charge is 2.30. The van der Waals surface area contributed by atoms with Crippen LogP contribution in [-0.2, 0) is 4.74 Å². The zero-order chi connectivity index (χ0) is 22.2. The van der Waals surface area contributed by atoms with Gasteiger partial charge in [0.1, 0.15) is 17.1 Å². The minimum atomic E-state index is -0.256. The number of aromatic amines is 1. The number of carbonyl (C=O) groups excluding carboxylic acids is 2. The summed E-state index contributed by atoms with van der Waals surface area (Å²) in [6.07, 6.45) is 8.61. The molecule has 0 spiro atoms. The van der Waals surface area contributed by atoms with Gasteiger partial charge in [0, 0.05) is 24.4 Å². The molecular weight excluding hydrogens is 462 g/mol. The van der Waals surface area contributed by atoms with Crippen molar-refractivity contribution in [2.24, 2.45) is 0 Å². The molecule has 0 radical (unpaired) electrons. The Hall–Kier alpha value is -2.45. The molecule has 0 aromatic carbocycles. The van der Waals surface area contributed by atoms with E-state index in [0.29, 0.717) is 34.9 Å². The van der Waals surface area contributed by atoms with E-state index in [1.807, 2.05) is 26.0 Å². The fourth-order valence-electron chi connectivity index (χ4n) is 4.09. The lowest BCUT2D eigenvalue weighted by molar-refractivity contribution is -0.0615. The number of aryl methyl sites for hydroxylation is 1. The number of H-pyrrole nitrogens is 1. The summed E-state index contributed by atoms with van der Waals surface area (Å²) in [7, 11) is 0. The fraction of sp³-hybridized carbons (Fsp3) is 0.435. The van der Waals surface area contributed by atoms with Crippen molar-refractivity contribution < 1.29 is 18.8 Å². The Balaban J connectivity index is 1.52. The lowest BCUT2D eigenvalue weighted by Crippen LogP contribution is -2.45. The molecule has 1 saturated heterocycles. The summed E-state index contributed by atoms with van der Waals surface area (Å²) in [5, 5.41) is 7.18. The molecule has 4 rings (SSSR count). The molecule has 0 saturated carbocycles. The maximum Gasteiger partial charge on any atom is 0.267 e. The van der Waals surface area contributed by atoms with Crippen LogP contribution in [0.1, 0.15) is 77.4 Å². The van der Waals surface area contributed by atoms with Crippen LogP contribution in [0.4, 0.5) is 0 Å². The molecule has 2 N–H and O–H groups in total. The van der Waals surface area contributed by atoms with E-state index in [0.717, 1.165) is 35.7 Å². The third kappa shape index (κ3) is 4.75. The first-order valence-corrected chi connectivity index (χ1v) is 11.2. The maximum atomic E-state index is 13.2. The Morgan fingerprint density at radius 3 is 2.81 bits per heavy atom. The number of ketones is 1. The van der Waals surface area contributed by atoms with Gasteiger partial charge in [-0.15, -0.1) is 0 Å². The topological polar surface area (TPSA) is 97.2 Å². The molecule has 8 heteroatoms. The molecule has 2 aliphatic rings. The first kappa shape index (κ1) is 21.8. The number of aromatic nitrogens is 2. The maximum absolute atomic E-state index is 13.2. The lowest BCUT2D eigenvalue weighted by atomic mass is 9.94. The van der Waals surface area contributed by atoms with Gasteiger partial charge in [-0.2, -0.15) is 0 Å². The van der Waals surface area contributed by atoms with Crippen LogP contribution >= 0.6 is 15.9 Å². The zero-order valence-electron chi connectivity index (χ0n) is 17.9. The largest absolute Gasteiger partial charge is 0.375 e. The Morgan fingerprint density at radius 1 is 1.29 bits per heavy atom. The quantitative estimate of drug-likeness (QED) is 0.596. The van der Waals surface area contributed by atoms with E-state index in [-0.39, 0.29) is 23.3 Å². The molecule has 7 nitrogen and oxygen atoms in total. The van der Waals surface area contributed by atoms with Crippen molar-refractivity contribution >= 4 is 33.2 Å². The second-order valence-electron chi connectivity index (χ2n) is 8.67. The third-order valence-corrected chi connectivity index (χ3v) is 6.38. The molecule has 2 aromatic rings. The summed E-state index contributed by atoms with van der Waals surface area (Å²) in [5.74, 6) is 0.0194. The predicted octanol–water partition coefficient (Wildman–Crippen LogP) is 4.69. The highest BCUT2D eigenvalue weighted by Crippen LogP contribution is 2.32. The van der Waals surface area contributed by atoms with Crippen molar-refractivity contribution in [3.8, 4) is 0 Å². The summed E-state index contributed by atoms with van der Waals surface area (Å²) in [4.78, 5) is 28.9. The second-order valence-corrected chi connectivity index (χ2v) is 9.69. The van der Waals surface area contributed by atoms with Gasteiger partial charge in [0.25, 0.3) is 5.91 Å². The van der Waals surface area contributed by atoms with Crippen molar-refractivity contribution in [2.45, 2.75) is 58.1 Å². The number of ether oxygens (including phenoxy) is 1. The number of amides is 1. The molecule has 1 aliphatic carbocycles. The number of nitrogens with one attached hydrogen (secondary N) is 2. The molecule has 0 bridgehead atoms. The van der Waals surface area contributed by atoms with Gasteiger partial charge in [-0.3, -0.25) is 9.59 Å². The van der Waals surface area contributed by atoms with E-state index >= 15 is 0 Å². The second kappa shape index (κ2) is 8.59.